The molecule has 2 rings (SSSR count). The van der Waals surface area contributed by atoms with E-state index >= 15 is 0 Å². The van der Waals surface area contributed by atoms with E-state index in [0.29, 0.717) is 16.4 Å². The maximum atomic E-state index is 11.1. The SMILES string of the molecule is COC(=O)Cc1csc(Nc2ccc(C(N)=O)cc2)n1. The van der Waals surface area contributed by atoms with Gasteiger partial charge in [0, 0.05) is 16.6 Å². The summed E-state index contributed by atoms with van der Waals surface area (Å²) >= 11 is 1.39. The number of carbonyl (C=O) groups is 2. The minimum Gasteiger partial charge on any atom is -0.469 e. The van der Waals surface area contributed by atoms with E-state index in [1.807, 2.05) is 0 Å². The highest BCUT2D eigenvalue weighted by molar-refractivity contribution is 7.13. The number of rotatable bonds is 5. The summed E-state index contributed by atoms with van der Waals surface area (Å²) in [6.07, 6.45) is 0.148. The van der Waals surface area contributed by atoms with Gasteiger partial charge in [0.2, 0.25) is 5.91 Å². The molecule has 1 aromatic heterocycles. The Kier molecular flexibility index (Phi) is 4.31. The molecule has 1 amide bonds. The zero-order valence-corrected chi connectivity index (χ0v) is 11.6. The third-order valence-electron chi connectivity index (χ3n) is 2.53. The number of hydrogen-bond donors (Lipinski definition) is 2. The lowest BCUT2D eigenvalue weighted by Crippen LogP contribution is -2.10. The molecule has 1 aromatic carbocycles. The number of methoxy groups -OCH3 is 1. The molecule has 3 N–H and O–H groups in total. The van der Waals surface area contributed by atoms with Gasteiger partial charge in [-0.2, -0.15) is 0 Å². The minimum atomic E-state index is -0.467. The zero-order chi connectivity index (χ0) is 14.5. The van der Waals surface area contributed by atoms with Crippen molar-refractivity contribution in [3.05, 3.63) is 40.9 Å². The molecule has 104 valence electrons. The van der Waals surface area contributed by atoms with Crippen molar-refractivity contribution in [1.29, 1.82) is 0 Å². The fourth-order valence-corrected chi connectivity index (χ4v) is 2.24. The number of nitrogens with zero attached hydrogens (tertiary/aromatic N) is 1. The molecule has 0 spiro atoms. The van der Waals surface area contributed by atoms with Crippen molar-refractivity contribution in [2.24, 2.45) is 5.73 Å². The molecule has 0 fully saturated rings. The summed E-state index contributed by atoms with van der Waals surface area (Å²) < 4.78 is 4.58. The van der Waals surface area contributed by atoms with E-state index < -0.39 is 5.91 Å². The standard InChI is InChI=1S/C13H13N3O3S/c1-19-11(17)6-10-7-20-13(16-10)15-9-4-2-8(3-5-9)12(14)18/h2-5,7H,6H2,1H3,(H2,14,18)(H,15,16). The summed E-state index contributed by atoms with van der Waals surface area (Å²) in [5.74, 6) is -0.793. The zero-order valence-electron chi connectivity index (χ0n) is 10.8. The van der Waals surface area contributed by atoms with E-state index in [4.69, 9.17) is 5.73 Å². The number of thiazole rings is 1. The monoisotopic (exact) mass is 291 g/mol. The van der Waals surface area contributed by atoms with Crippen molar-refractivity contribution in [3.63, 3.8) is 0 Å². The smallest absolute Gasteiger partial charge is 0.311 e. The van der Waals surface area contributed by atoms with Gasteiger partial charge in [-0.3, -0.25) is 9.59 Å². The number of nitrogens with one attached hydrogen (secondary N) is 1. The lowest BCUT2D eigenvalue weighted by atomic mass is 10.2. The number of hydrogen-bond acceptors (Lipinski definition) is 6. The normalized spacial score (nSPS) is 10.1. The maximum Gasteiger partial charge on any atom is 0.311 e. The molecule has 0 bridgehead atoms. The van der Waals surface area contributed by atoms with Crippen molar-refractivity contribution in [2.75, 3.05) is 12.4 Å². The van der Waals surface area contributed by atoms with Gasteiger partial charge in [-0.05, 0) is 24.3 Å². The molecule has 6 nitrogen and oxygen atoms in total. The van der Waals surface area contributed by atoms with Gasteiger partial charge in [0.25, 0.3) is 0 Å². The molecular formula is C13H13N3O3S. The number of benzene rings is 1. The molecule has 0 saturated carbocycles. The number of aromatic nitrogens is 1. The Bertz CT molecular complexity index is 622. The van der Waals surface area contributed by atoms with Crippen LogP contribution in [0.15, 0.2) is 29.6 Å². The topological polar surface area (TPSA) is 94.3 Å². The highest BCUT2D eigenvalue weighted by Gasteiger charge is 2.08. The Labute approximate surface area is 119 Å². The molecule has 20 heavy (non-hydrogen) atoms. The van der Waals surface area contributed by atoms with Gasteiger partial charge >= 0.3 is 5.97 Å². The largest absolute Gasteiger partial charge is 0.469 e. The fourth-order valence-electron chi connectivity index (χ4n) is 1.51. The van der Waals surface area contributed by atoms with E-state index in [-0.39, 0.29) is 12.4 Å². The van der Waals surface area contributed by atoms with Crippen LogP contribution in [0.3, 0.4) is 0 Å². The first kappa shape index (κ1) is 14.0. The number of carbonyl (C=O) groups excluding carboxylic acids is 2. The van der Waals surface area contributed by atoms with E-state index in [0.717, 1.165) is 5.69 Å². The molecule has 1 heterocycles. The Hall–Kier alpha value is -2.41. The second kappa shape index (κ2) is 6.16. The molecule has 2 aromatic rings. The van der Waals surface area contributed by atoms with Crippen LogP contribution >= 0.6 is 11.3 Å². The van der Waals surface area contributed by atoms with Gasteiger partial charge in [-0.1, -0.05) is 0 Å². The number of esters is 1. The molecule has 0 aliphatic heterocycles. The lowest BCUT2D eigenvalue weighted by Gasteiger charge is -2.02. The summed E-state index contributed by atoms with van der Waals surface area (Å²) in [7, 11) is 1.34. The Balaban J connectivity index is 2.03. The summed E-state index contributed by atoms with van der Waals surface area (Å²) in [5, 5.41) is 5.54. The van der Waals surface area contributed by atoms with Gasteiger partial charge in [0.05, 0.1) is 19.2 Å². The summed E-state index contributed by atoms with van der Waals surface area (Å²) in [6.45, 7) is 0. The third-order valence-corrected chi connectivity index (χ3v) is 3.33. The van der Waals surface area contributed by atoms with Crippen LogP contribution in [0, 0.1) is 0 Å². The quantitative estimate of drug-likeness (QED) is 0.818. The second-order valence-corrected chi connectivity index (χ2v) is 4.82. The van der Waals surface area contributed by atoms with Gasteiger partial charge in [0.1, 0.15) is 0 Å². The first-order valence-electron chi connectivity index (χ1n) is 5.76. The van der Waals surface area contributed by atoms with Crippen molar-refractivity contribution in [1.82, 2.24) is 4.98 Å². The average Bonchev–Trinajstić information content (AvgIpc) is 2.86. The molecule has 0 unspecified atom stereocenters. The average molecular weight is 291 g/mol. The Morgan fingerprint density at radius 2 is 2.05 bits per heavy atom. The van der Waals surface area contributed by atoms with Gasteiger partial charge in [-0.25, -0.2) is 4.98 Å². The van der Waals surface area contributed by atoms with Crippen LogP contribution in [0.1, 0.15) is 16.1 Å². The molecule has 7 heteroatoms. The van der Waals surface area contributed by atoms with Gasteiger partial charge in [-0.15, -0.1) is 11.3 Å². The number of anilines is 2. The number of amides is 1. The van der Waals surface area contributed by atoms with Crippen LogP contribution in [-0.4, -0.2) is 24.0 Å². The first-order chi connectivity index (χ1) is 9.58. The van der Waals surface area contributed by atoms with Crippen LogP contribution in [0.2, 0.25) is 0 Å². The lowest BCUT2D eigenvalue weighted by molar-refractivity contribution is -0.139. The van der Waals surface area contributed by atoms with Crippen molar-refractivity contribution in [3.8, 4) is 0 Å². The number of ether oxygens (including phenoxy) is 1. The molecule has 0 radical (unpaired) electrons. The van der Waals surface area contributed by atoms with Crippen LogP contribution in [-0.2, 0) is 16.0 Å². The third kappa shape index (κ3) is 3.55. The van der Waals surface area contributed by atoms with Crippen molar-refractivity contribution >= 4 is 34.0 Å². The Morgan fingerprint density at radius 3 is 2.65 bits per heavy atom. The molecule has 0 aliphatic rings. The van der Waals surface area contributed by atoms with Crippen LogP contribution in [0.25, 0.3) is 0 Å². The summed E-state index contributed by atoms with van der Waals surface area (Å²) in [5.41, 5.74) is 7.05. The molecule has 0 aliphatic carbocycles. The maximum absolute atomic E-state index is 11.1. The van der Waals surface area contributed by atoms with E-state index in [1.165, 1.54) is 18.4 Å². The minimum absolute atomic E-state index is 0.148. The fraction of sp³-hybridized carbons (Fsp3) is 0.154. The molecule has 0 atom stereocenters. The van der Waals surface area contributed by atoms with Crippen LogP contribution in [0.5, 0.6) is 0 Å². The van der Waals surface area contributed by atoms with E-state index in [1.54, 1.807) is 29.6 Å². The molecular weight excluding hydrogens is 278 g/mol. The first-order valence-corrected chi connectivity index (χ1v) is 6.64. The van der Waals surface area contributed by atoms with Crippen molar-refractivity contribution in [2.45, 2.75) is 6.42 Å². The number of nitrogens with two attached hydrogens (primary N) is 1. The van der Waals surface area contributed by atoms with Crippen molar-refractivity contribution < 1.29 is 14.3 Å². The highest BCUT2D eigenvalue weighted by atomic mass is 32.1. The Morgan fingerprint density at radius 1 is 1.35 bits per heavy atom. The predicted octanol–water partition coefficient (Wildman–Crippen LogP) is 1.70. The second-order valence-electron chi connectivity index (χ2n) is 3.96. The predicted molar refractivity (Wildman–Crippen MR) is 76.1 cm³/mol. The van der Waals surface area contributed by atoms with Gasteiger partial charge in [0.15, 0.2) is 5.13 Å². The van der Waals surface area contributed by atoms with E-state index in [2.05, 4.69) is 15.0 Å². The number of primary amides is 1. The van der Waals surface area contributed by atoms with Gasteiger partial charge < -0.3 is 15.8 Å². The highest BCUT2D eigenvalue weighted by Crippen LogP contribution is 2.21. The van der Waals surface area contributed by atoms with Crippen LogP contribution in [0.4, 0.5) is 10.8 Å². The summed E-state index contributed by atoms with van der Waals surface area (Å²) in [4.78, 5) is 26.3. The van der Waals surface area contributed by atoms with E-state index in [9.17, 15) is 9.59 Å². The molecule has 0 saturated heterocycles. The summed E-state index contributed by atoms with van der Waals surface area (Å²) in [6, 6.07) is 6.74. The van der Waals surface area contributed by atoms with Crippen LogP contribution < -0.4 is 11.1 Å².